The van der Waals surface area contributed by atoms with Crippen molar-refractivity contribution >= 4 is 23.3 Å². The van der Waals surface area contributed by atoms with Crippen molar-refractivity contribution < 1.29 is 18.8 Å². The fourth-order valence-corrected chi connectivity index (χ4v) is 4.47. The van der Waals surface area contributed by atoms with Crippen molar-refractivity contribution in [1.29, 1.82) is 0 Å². The second kappa shape index (κ2) is 6.23. The molecule has 2 aromatic rings. The smallest absolute Gasteiger partial charge is 0.418 e. The molecule has 7 heteroatoms. The molecule has 0 aromatic carbocycles. The number of carbonyl (C=O) groups is 2. The monoisotopic (exact) mass is 376 g/mol. The Morgan fingerprint density at radius 3 is 2.50 bits per heavy atom. The largest absolute Gasteiger partial charge is 0.443 e. The Kier molecular flexibility index (Phi) is 4.46. The quantitative estimate of drug-likeness (QED) is 0.686. The summed E-state index contributed by atoms with van der Waals surface area (Å²) >= 11 is 1.54. The molecule has 140 valence electrons. The molecule has 3 rings (SSSR count). The summed E-state index contributed by atoms with van der Waals surface area (Å²) in [5, 5.41) is 4.11. The second-order valence-electron chi connectivity index (χ2n) is 7.57. The van der Waals surface area contributed by atoms with E-state index in [0.717, 1.165) is 26.6 Å². The average Bonchev–Trinajstić information content (AvgIpc) is 2.99. The van der Waals surface area contributed by atoms with Crippen LogP contribution >= 0.6 is 11.3 Å². The van der Waals surface area contributed by atoms with Crippen molar-refractivity contribution in [2.75, 3.05) is 0 Å². The standard InChI is InChI=1S/C19H24N2O4S/c1-8-12-15-14(10(3)20-25-15)16-13(9(2)11(4)26-16)17(22)21(12)18(23)24-19(5,6)7/h12H,8H2,1-7H3/t12-/m0/s1. The lowest BCUT2D eigenvalue weighted by Gasteiger charge is -2.29. The first-order valence-electron chi connectivity index (χ1n) is 8.69. The molecule has 0 spiro atoms. The number of nitrogens with zero attached hydrogens (tertiary/aromatic N) is 2. The number of aromatic nitrogens is 1. The second-order valence-corrected chi connectivity index (χ2v) is 8.80. The van der Waals surface area contributed by atoms with E-state index in [-0.39, 0.29) is 5.91 Å². The van der Waals surface area contributed by atoms with Gasteiger partial charge in [-0.05, 0) is 53.5 Å². The zero-order valence-corrected chi connectivity index (χ0v) is 17.0. The number of fused-ring (bicyclic) bond motifs is 3. The molecule has 6 nitrogen and oxygen atoms in total. The summed E-state index contributed by atoms with van der Waals surface area (Å²) in [5.41, 5.74) is 2.27. The lowest BCUT2D eigenvalue weighted by Crippen LogP contribution is -2.42. The zero-order chi connectivity index (χ0) is 19.4. The highest BCUT2D eigenvalue weighted by molar-refractivity contribution is 7.16. The molecule has 0 saturated heterocycles. The van der Waals surface area contributed by atoms with Crippen molar-refractivity contribution in [2.45, 2.75) is 66.5 Å². The van der Waals surface area contributed by atoms with Crippen molar-refractivity contribution in [2.24, 2.45) is 0 Å². The summed E-state index contributed by atoms with van der Waals surface area (Å²) in [4.78, 5) is 29.4. The lowest BCUT2D eigenvalue weighted by atomic mass is 10.0. The third-order valence-electron chi connectivity index (χ3n) is 4.53. The highest BCUT2D eigenvalue weighted by Crippen LogP contribution is 2.47. The Bertz CT molecular complexity index is 888. The summed E-state index contributed by atoms with van der Waals surface area (Å²) in [7, 11) is 0. The van der Waals surface area contributed by atoms with E-state index in [1.807, 2.05) is 27.7 Å². The van der Waals surface area contributed by atoms with Crippen molar-refractivity contribution in [1.82, 2.24) is 10.1 Å². The number of hydrogen-bond donors (Lipinski definition) is 0. The number of amides is 2. The van der Waals surface area contributed by atoms with E-state index >= 15 is 0 Å². The fourth-order valence-electron chi connectivity index (χ4n) is 3.22. The molecule has 0 N–H and O–H groups in total. The van der Waals surface area contributed by atoms with Crippen LogP contribution in [-0.4, -0.2) is 27.7 Å². The van der Waals surface area contributed by atoms with Gasteiger partial charge in [0, 0.05) is 4.88 Å². The number of imide groups is 1. The molecule has 2 amide bonds. The molecule has 3 heterocycles. The van der Waals surface area contributed by atoms with Gasteiger partial charge in [0.15, 0.2) is 5.76 Å². The summed E-state index contributed by atoms with van der Waals surface area (Å²) in [6.45, 7) is 13.0. The van der Waals surface area contributed by atoms with Crippen LogP contribution in [0.2, 0.25) is 0 Å². The predicted octanol–water partition coefficient (Wildman–Crippen LogP) is 5.17. The van der Waals surface area contributed by atoms with Crippen LogP contribution in [0.25, 0.3) is 10.4 Å². The molecule has 0 radical (unpaired) electrons. The van der Waals surface area contributed by atoms with E-state index in [9.17, 15) is 9.59 Å². The minimum Gasteiger partial charge on any atom is -0.443 e. The molecule has 1 aliphatic rings. The first-order chi connectivity index (χ1) is 12.1. The minimum absolute atomic E-state index is 0.339. The molecule has 2 aromatic heterocycles. The molecule has 0 saturated carbocycles. The summed E-state index contributed by atoms with van der Waals surface area (Å²) in [6, 6.07) is -0.548. The van der Waals surface area contributed by atoms with Crippen LogP contribution in [0.4, 0.5) is 4.79 Å². The average molecular weight is 376 g/mol. The Hall–Kier alpha value is -2.15. The summed E-state index contributed by atoms with van der Waals surface area (Å²) < 4.78 is 11.1. The van der Waals surface area contributed by atoms with E-state index in [4.69, 9.17) is 9.26 Å². The first kappa shape index (κ1) is 18.6. The van der Waals surface area contributed by atoms with Gasteiger partial charge >= 0.3 is 6.09 Å². The van der Waals surface area contributed by atoms with Gasteiger partial charge in [-0.2, -0.15) is 0 Å². The van der Waals surface area contributed by atoms with Gasteiger partial charge in [-0.3, -0.25) is 4.79 Å². The van der Waals surface area contributed by atoms with E-state index < -0.39 is 17.7 Å². The molecule has 0 aliphatic carbocycles. The number of rotatable bonds is 1. The molecule has 26 heavy (non-hydrogen) atoms. The topological polar surface area (TPSA) is 72.6 Å². The third kappa shape index (κ3) is 2.84. The van der Waals surface area contributed by atoms with Crippen LogP contribution in [0.1, 0.15) is 72.4 Å². The first-order valence-corrected chi connectivity index (χ1v) is 9.51. The molecular weight excluding hydrogens is 352 g/mol. The number of ether oxygens (including phenoxy) is 1. The van der Waals surface area contributed by atoms with Crippen LogP contribution in [0.3, 0.4) is 0 Å². The van der Waals surface area contributed by atoms with Gasteiger partial charge in [-0.1, -0.05) is 12.1 Å². The van der Waals surface area contributed by atoms with E-state index in [1.165, 1.54) is 16.2 Å². The van der Waals surface area contributed by atoms with Crippen LogP contribution in [-0.2, 0) is 4.74 Å². The van der Waals surface area contributed by atoms with Crippen molar-refractivity contribution in [3.8, 4) is 10.4 Å². The summed E-state index contributed by atoms with van der Waals surface area (Å²) in [5.74, 6) is 0.206. The maximum absolute atomic E-state index is 13.4. The highest BCUT2D eigenvalue weighted by Gasteiger charge is 2.43. The van der Waals surface area contributed by atoms with Crippen LogP contribution in [0, 0.1) is 20.8 Å². The summed E-state index contributed by atoms with van der Waals surface area (Å²) in [6.07, 6.45) is -0.148. The Morgan fingerprint density at radius 2 is 1.92 bits per heavy atom. The molecular formula is C19H24N2O4S. The SMILES string of the molecule is CC[C@H]1c2onc(C)c2-c2sc(C)c(C)c2C(=O)N1C(=O)OC(C)(C)C. The van der Waals surface area contributed by atoms with E-state index in [2.05, 4.69) is 5.16 Å². The van der Waals surface area contributed by atoms with Crippen molar-refractivity contribution in [3.05, 3.63) is 27.5 Å². The van der Waals surface area contributed by atoms with Gasteiger partial charge < -0.3 is 9.26 Å². The van der Waals surface area contributed by atoms with Gasteiger partial charge in [-0.15, -0.1) is 11.3 Å². The predicted molar refractivity (Wildman–Crippen MR) is 99.5 cm³/mol. The zero-order valence-electron chi connectivity index (χ0n) is 16.2. The van der Waals surface area contributed by atoms with Gasteiger partial charge in [0.2, 0.25) is 0 Å². The van der Waals surface area contributed by atoms with Gasteiger partial charge in [0.05, 0.1) is 21.7 Å². The molecule has 0 fully saturated rings. The van der Waals surface area contributed by atoms with Crippen LogP contribution in [0.15, 0.2) is 4.52 Å². The number of aryl methyl sites for hydroxylation is 2. The molecule has 0 bridgehead atoms. The highest BCUT2D eigenvalue weighted by atomic mass is 32.1. The third-order valence-corrected chi connectivity index (χ3v) is 5.75. The molecule has 0 unspecified atom stereocenters. The Balaban J connectivity index is 2.26. The number of thiophene rings is 1. The van der Waals surface area contributed by atoms with Gasteiger partial charge in [0.1, 0.15) is 11.6 Å². The lowest BCUT2D eigenvalue weighted by molar-refractivity contribution is 0.0138. The molecule has 1 atom stereocenters. The Morgan fingerprint density at radius 1 is 1.27 bits per heavy atom. The number of carbonyl (C=O) groups excluding carboxylic acids is 2. The van der Waals surface area contributed by atoms with E-state index in [0.29, 0.717) is 17.7 Å². The maximum atomic E-state index is 13.4. The normalized spacial score (nSPS) is 17.0. The van der Waals surface area contributed by atoms with E-state index in [1.54, 1.807) is 20.8 Å². The van der Waals surface area contributed by atoms with Gasteiger partial charge in [-0.25, -0.2) is 9.69 Å². The van der Waals surface area contributed by atoms with Crippen molar-refractivity contribution in [3.63, 3.8) is 0 Å². The molecule has 1 aliphatic heterocycles. The number of hydrogen-bond acceptors (Lipinski definition) is 6. The van der Waals surface area contributed by atoms with Crippen LogP contribution in [0.5, 0.6) is 0 Å². The maximum Gasteiger partial charge on any atom is 0.418 e. The van der Waals surface area contributed by atoms with Gasteiger partial charge in [0.25, 0.3) is 5.91 Å². The minimum atomic E-state index is -0.704. The fraction of sp³-hybridized carbons (Fsp3) is 0.526. The Labute approximate surface area is 157 Å². The van der Waals surface area contributed by atoms with Crippen LogP contribution < -0.4 is 0 Å².